The summed E-state index contributed by atoms with van der Waals surface area (Å²) < 4.78 is 18.0. The zero-order valence-electron chi connectivity index (χ0n) is 19.0. The molecular weight excluding hydrogens is 402 g/mol. The molecular formula is C27H33NO4. The maximum absolute atomic E-state index is 11.8. The number of benzene rings is 2. The van der Waals surface area contributed by atoms with E-state index < -0.39 is 0 Å². The van der Waals surface area contributed by atoms with Gasteiger partial charge in [-0.15, -0.1) is 6.58 Å². The summed E-state index contributed by atoms with van der Waals surface area (Å²) >= 11 is 0. The van der Waals surface area contributed by atoms with E-state index in [9.17, 15) is 10.1 Å². The van der Waals surface area contributed by atoms with Crippen molar-refractivity contribution >= 4 is 5.78 Å². The van der Waals surface area contributed by atoms with Crippen molar-refractivity contribution in [3.8, 4) is 6.07 Å². The quantitative estimate of drug-likeness (QED) is 0.211. The van der Waals surface area contributed by atoms with E-state index in [1.807, 2.05) is 67.6 Å². The van der Waals surface area contributed by atoms with Crippen molar-refractivity contribution in [3.63, 3.8) is 0 Å². The average Bonchev–Trinajstić information content (AvgIpc) is 2.81. The maximum Gasteiger partial charge on any atom is 0.147 e. The van der Waals surface area contributed by atoms with Crippen LogP contribution in [0, 0.1) is 23.2 Å². The van der Waals surface area contributed by atoms with Crippen molar-refractivity contribution < 1.29 is 19.0 Å². The van der Waals surface area contributed by atoms with Gasteiger partial charge >= 0.3 is 0 Å². The lowest BCUT2D eigenvalue weighted by atomic mass is 9.84. The van der Waals surface area contributed by atoms with Crippen molar-refractivity contribution in [2.45, 2.75) is 52.1 Å². The van der Waals surface area contributed by atoms with Gasteiger partial charge in [0, 0.05) is 18.3 Å². The van der Waals surface area contributed by atoms with Crippen molar-refractivity contribution in [2.75, 3.05) is 6.79 Å². The van der Waals surface area contributed by atoms with E-state index in [1.54, 1.807) is 13.0 Å². The Hall–Kier alpha value is -2.78. The second-order valence-electron chi connectivity index (χ2n) is 7.95. The fourth-order valence-electron chi connectivity index (χ4n) is 3.67. The molecule has 0 unspecified atom stereocenters. The number of carbonyl (C=O) groups excluding carboxylic acids is 1. The average molecular weight is 436 g/mol. The fourth-order valence-corrected chi connectivity index (χ4v) is 3.67. The second kappa shape index (κ2) is 14.3. The zero-order chi connectivity index (χ0) is 23.2. The number of carbonyl (C=O) groups is 1. The van der Waals surface area contributed by atoms with Crippen LogP contribution in [-0.2, 0) is 32.2 Å². The standard InChI is InChI=1S/C27H33NO4/c1-4-25(17-21(2)29)27(32-20-30-18-23-11-7-5-8-12-23)22(3)26(15-16-28)31-19-24-13-9-6-10-14-24/h4-14,22,25-27H,1,15,17-20H2,2-3H3/t22-,25-,26+,27+/m0/s1. The lowest BCUT2D eigenvalue weighted by molar-refractivity contribution is -0.147. The predicted octanol–water partition coefficient (Wildman–Crippen LogP) is 5.46. The number of ether oxygens (including phenoxy) is 3. The molecule has 0 fully saturated rings. The minimum absolute atomic E-state index is 0.0583. The molecule has 0 bridgehead atoms. The van der Waals surface area contributed by atoms with E-state index in [1.165, 1.54) is 0 Å². The van der Waals surface area contributed by atoms with Gasteiger partial charge in [-0.1, -0.05) is 73.7 Å². The molecule has 0 heterocycles. The highest BCUT2D eigenvalue weighted by Crippen LogP contribution is 2.28. The molecule has 0 aromatic heterocycles. The van der Waals surface area contributed by atoms with E-state index in [2.05, 4.69) is 12.6 Å². The maximum atomic E-state index is 11.8. The Bertz CT molecular complexity index is 847. The first-order chi connectivity index (χ1) is 15.5. The van der Waals surface area contributed by atoms with Gasteiger partial charge in [0.15, 0.2) is 0 Å². The molecule has 0 saturated carbocycles. The summed E-state index contributed by atoms with van der Waals surface area (Å²) in [6, 6.07) is 21.9. The lowest BCUT2D eigenvalue weighted by Crippen LogP contribution is -2.39. The molecule has 2 aromatic rings. The third-order valence-corrected chi connectivity index (χ3v) is 5.41. The van der Waals surface area contributed by atoms with Crippen LogP contribution in [-0.4, -0.2) is 24.8 Å². The number of hydrogen-bond acceptors (Lipinski definition) is 5. The summed E-state index contributed by atoms with van der Waals surface area (Å²) in [5, 5.41) is 9.38. The van der Waals surface area contributed by atoms with Crippen molar-refractivity contribution in [1.82, 2.24) is 0 Å². The number of hydrogen-bond donors (Lipinski definition) is 0. The van der Waals surface area contributed by atoms with E-state index >= 15 is 0 Å². The molecule has 0 N–H and O–H groups in total. The van der Waals surface area contributed by atoms with E-state index in [0.717, 1.165) is 11.1 Å². The molecule has 2 rings (SSSR count). The number of Topliss-reactive ketones (excluding diaryl/α,β-unsaturated/α-hetero) is 1. The van der Waals surface area contributed by atoms with Gasteiger partial charge in [0.05, 0.1) is 37.9 Å². The normalized spacial score (nSPS) is 14.7. The molecule has 2 aromatic carbocycles. The van der Waals surface area contributed by atoms with Gasteiger partial charge in [-0.05, 0) is 18.1 Å². The lowest BCUT2D eigenvalue weighted by Gasteiger charge is -2.34. The SMILES string of the molecule is C=C[C@@H](CC(C)=O)[C@H](OCOCc1ccccc1)[C@@H](C)[C@@H](CC#N)OCc1ccccc1. The summed E-state index contributed by atoms with van der Waals surface area (Å²) in [7, 11) is 0. The Labute approximate surface area is 191 Å². The number of rotatable bonds is 15. The summed E-state index contributed by atoms with van der Waals surface area (Å²) in [6.07, 6.45) is 1.56. The van der Waals surface area contributed by atoms with Crippen molar-refractivity contribution in [2.24, 2.45) is 11.8 Å². The van der Waals surface area contributed by atoms with E-state index in [4.69, 9.17) is 14.2 Å². The predicted molar refractivity (Wildman–Crippen MR) is 124 cm³/mol. The van der Waals surface area contributed by atoms with Crippen LogP contribution < -0.4 is 0 Å². The van der Waals surface area contributed by atoms with Crippen LogP contribution in [0.4, 0.5) is 0 Å². The molecule has 0 aliphatic heterocycles. The van der Waals surface area contributed by atoms with Crippen LogP contribution in [0.25, 0.3) is 0 Å². The summed E-state index contributed by atoms with van der Waals surface area (Å²) in [4.78, 5) is 11.8. The molecule has 0 radical (unpaired) electrons. The Balaban J connectivity index is 2.06. The topological polar surface area (TPSA) is 68.5 Å². The Morgan fingerprint density at radius 2 is 1.62 bits per heavy atom. The van der Waals surface area contributed by atoms with Crippen LogP contribution in [0.15, 0.2) is 73.3 Å². The molecule has 32 heavy (non-hydrogen) atoms. The van der Waals surface area contributed by atoms with E-state index in [0.29, 0.717) is 19.6 Å². The molecule has 4 atom stereocenters. The van der Waals surface area contributed by atoms with Gasteiger partial charge in [-0.3, -0.25) is 0 Å². The molecule has 0 aliphatic rings. The van der Waals surface area contributed by atoms with Crippen molar-refractivity contribution in [3.05, 3.63) is 84.4 Å². The van der Waals surface area contributed by atoms with Crippen LogP contribution in [0.2, 0.25) is 0 Å². The largest absolute Gasteiger partial charge is 0.372 e. The second-order valence-corrected chi connectivity index (χ2v) is 7.95. The highest BCUT2D eigenvalue weighted by atomic mass is 16.7. The molecule has 0 saturated heterocycles. The molecule has 170 valence electrons. The summed E-state index contributed by atoms with van der Waals surface area (Å²) in [5.74, 6) is -0.298. The minimum Gasteiger partial charge on any atom is -0.372 e. The van der Waals surface area contributed by atoms with Gasteiger partial charge < -0.3 is 19.0 Å². The number of nitriles is 1. The third kappa shape index (κ3) is 8.76. The van der Waals surface area contributed by atoms with Gasteiger partial charge in [-0.2, -0.15) is 5.26 Å². The smallest absolute Gasteiger partial charge is 0.147 e. The highest BCUT2D eigenvalue weighted by Gasteiger charge is 2.33. The molecule has 0 spiro atoms. The Morgan fingerprint density at radius 1 is 1.03 bits per heavy atom. The minimum atomic E-state index is -0.374. The van der Waals surface area contributed by atoms with Crippen molar-refractivity contribution in [1.29, 1.82) is 5.26 Å². The van der Waals surface area contributed by atoms with Gasteiger partial charge in [-0.25, -0.2) is 0 Å². The molecule has 5 nitrogen and oxygen atoms in total. The third-order valence-electron chi connectivity index (χ3n) is 5.41. The Morgan fingerprint density at radius 3 is 2.16 bits per heavy atom. The summed E-state index contributed by atoms with van der Waals surface area (Å²) in [5.41, 5.74) is 2.09. The summed E-state index contributed by atoms with van der Waals surface area (Å²) in [6.45, 7) is 8.37. The monoisotopic (exact) mass is 435 g/mol. The zero-order valence-corrected chi connectivity index (χ0v) is 19.0. The van der Waals surface area contributed by atoms with Gasteiger partial charge in [0.2, 0.25) is 0 Å². The molecule has 0 amide bonds. The highest BCUT2D eigenvalue weighted by molar-refractivity contribution is 5.76. The van der Waals surface area contributed by atoms with Gasteiger partial charge in [0.1, 0.15) is 12.6 Å². The first kappa shape index (κ1) is 25.5. The van der Waals surface area contributed by atoms with Crippen LogP contribution in [0.5, 0.6) is 0 Å². The molecule has 5 heteroatoms. The van der Waals surface area contributed by atoms with Crippen LogP contribution in [0.1, 0.15) is 37.8 Å². The van der Waals surface area contributed by atoms with Gasteiger partial charge in [0.25, 0.3) is 0 Å². The fraction of sp³-hybridized carbons (Fsp3) is 0.407. The first-order valence-electron chi connectivity index (χ1n) is 10.9. The van der Waals surface area contributed by atoms with E-state index in [-0.39, 0.29) is 43.0 Å². The Kier molecular flexibility index (Phi) is 11.4. The molecule has 0 aliphatic carbocycles. The van der Waals surface area contributed by atoms with Crippen LogP contribution >= 0.6 is 0 Å². The first-order valence-corrected chi connectivity index (χ1v) is 10.9. The number of ketones is 1. The number of nitrogens with zero attached hydrogens (tertiary/aromatic N) is 1. The van der Waals surface area contributed by atoms with Crippen LogP contribution in [0.3, 0.4) is 0 Å².